The molecule has 34 heavy (non-hydrogen) atoms. The van der Waals surface area contributed by atoms with Gasteiger partial charge in [-0.2, -0.15) is 0 Å². The normalized spacial score (nSPS) is 21.7. The molecule has 1 aliphatic carbocycles. The number of rotatable bonds is 3. The topological polar surface area (TPSA) is 59.0 Å². The van der Waals surface area contributed by atoms with Crippen molar-refractivity contribution in [3.63, 3.8) is 0 Å². The summed E-state index contributed by atoms with van der Waals surface area (Å²) in [5.74, 6) is 0.325. The second-order valence-corrected chi connectivity index (χ2v) is 9.16. The summed E-state index contributed by atoms with van der Waals surface area (Å²) in [7, 11) is 1.62. The van der Waals surface area contributed by atoms with Gasteiger partial charge >= 0.3 is 0 Å². The largest absolute Gasteiger partial charge is 0.497 e. The van der Waals surface area contributed by atoms with Gasteiger partial charge in [0.2, 0.25) is 5.91 Å². The van der Waals surface area contributed by atoms with E-state index in [1.165, 1.54) is 5.56 Å². The van der Waals surface area contributed by atoms with Crippen molar-refractivity contribution in [2.24, 2.45) is 10.9 Å². The van der Waals surface area contributed by atoms with Gasteiger partial charge in [-0.25, -0.2) is 0 Å². The molecule has 5 rings (SSSR count). The van der Waals surface area contributed by atoms with E-state index in [-0.39, 0.29) is 17.6 Å². The van der Waals surface area contributed by atoms with Gasteiger partial charge in [0.15, 0.2) is 0 Å². The van der Waals surface area contributed by atoms with E-state index < -0.39 is 12.0 Å². The van der Waals surface area contributed by atoms with Gasteiger partial charge in [0.25, 0.3) is 0 Å². The van der Waals surface area contributed by atoms with Crippen molar-refractivity contribution in [1.82, 2.24) is 0 Å². The Morgan fingerprint density at radius 1 is 0.941 bits per heavy atom. The number of ether oxygens (including phenoxy) is 1. The maximum Gasteiger partial charge on any atom is 0.224 e. The van der Waals surface area contributed by atoms with Crippen LogP contribution in [0.5, 0.6) is 5.75 Å². The first-order valence-electron chi connectivity index (χ1n) is 11.7. The van der Waals surface area contributed by atoms with E-state index in [0.29, 0.717) is 12.8 Å². The standard InChI is InChI=1S/C29H28N2O3/c1-18-8-10-20(11-9-18)22-16-25-28(27(33)17-22)29(21-12-14-23(34-3)15-13-21)31(19(2)32)26-7-5-4-6-24(26)30-25/h4-15,22,28-29H,16-17H2,1-3H3. The Balaban J connectivity index is 1.65. The summed E-state index contributed by atoms with van der Waals surface area (Å²) in [6.45, 7) is 3.62. The van der Waals surface area contributed by atoms with Gasteiger partial charge in [-0.05, 0) is 54.7 Å². The van der Waals surface area contributed by atoms with Crippen LogP contribution in [0, 0.1) is 12.8 Å². The highest BCUT2D eigenvalue weighted by molar-refractivity contribution is 6.13. The number of ketones is 1. The molecule has 1 fully saturated rings. The van der Waals surface area contributed by atoms with E-state index in [1.54, 1.807) is 18.9 Å². The van der Waals surface area contributed by atoms with Gasteiger partial charge in [0.1, 0.15) is 11.5 Å². The van der Waals surface area contributed by atoms with Crippen LogP contribution in [0.15, 0.2) is 77.8 Å². The summed E-state index contributed by atoms with van der Waals surface area (Å²) in [5, 5.41) is 0. The minimum atomic E-state index is -0.494. The van der Waals surface area contributed by atoms with E-state index in [2.05, 4.69) is 31.2 Å². The average Bonchev–Trinajstić information content (AvgIpc) is 2.99. The molecule has 0 N–H and O–H groups in total. The first-order valence-corrected chi connectivity index (χ1v) is 11.7. The fourth-order valence-corrected chi connectivity index (χ4v) is 5.28. The van der Waals surface area contributed by atoms with E-state index in [1.807, 2.05) is 48.5 Å². The SMILES string of the molecule is COc1ccc(C2C3C(=O)CC(c4ccc(C)cc4)CC3=Nc3ccccc3N2C(C)=O)cc1. The Morgan fingerprint density at radius 3 is 2.29 bits per heavy atom. The first kappa shape index (κ1) is 22.1. The van der Waals surface area contributed by atoms with Crippen LogP contribution in [0.1, 0.15) is 48.4 Å². The number of carbonyl (C=O) groups is 2. The van der Waals surface area contributed by atoms with Gasteiger partial charge in [-0.3, -0.25) is 14.6 Å². The third-order valence-corrected chi connectivity index (χ3v) is 6.95. The lowest BCUT2D eigenvalue weighted by atomic mass is 9.72. The second-order valence-electron chi connectivity index (χ2n) is 9.16. The highest BCUT2D eigenvalue weighted by atomic mass is 16.5. The molecule has 3 unspecified atom stereocenters. The Hall–Kier alpha value is -3.73. The van der Waals surface area contributed by atoms with Crippen molar-refractivity contribution in [2.45, 2.75) is 38.6 Å². The summed E-state index contributed by atoms with van der Waals surface area (Å²) < 4.78 is 5.34. The van der Waals surface area contributed by atoms with Crippen LogP contribution in [-0.4, -0.2) is 24.5 Å². The fraction of sp³-hybridized carbons (Fsp3) is 0.276. The number of para-hydroxylation sites is 2. The Kier molecular flexibility index (Phi) is 5.78. The highest BCUT2D eigenvalue weighted by Gasteiger charge is 2.45. The molecule has 5 heteroatoms. The number of anilines is 1. The molecule has 1 heterocycles. The number of aryl methyl sites for hydroxylation is 1. The number of amides is 1. The zero-order chi connectivity index (χ0) is 23.8. The molecular weight excluding hydrogens is 424 g/mol. The summed E-state index contributed by atoms with van der Waals surface area (Å²) in [6, 6.07) is 23.3. The predicted octanol–water partition coefficient (Wildman–Crippen LogP) is 5.95. The molecule has 2 aliphatic rings. The second kappa shape index (κ2) is 8.90. The first-order chi connectivity index (χ1) is 16.5. The molecule has 3 aromatic rings. The number of methoxy groups -OCH3 is 1. The van der Waals surface area contributed by atoms with Gasteiger partial charge in [-0.15, -0.1) is 0 Å². The van der Waals surface area contributed by atoms with Gasteiger partial charge in [0, 0.05) is 19.1 Å². The molecule has 0 radical (unpaired) electrons. The maximum atomic E-state index is 13.8. The molecule has 172 valence electrons. The lowest BCUT2D eigenvalue weighted by Gasteiger charge is -2.38. The van der Waals surface area contributed by atoms with Crippen LogP contribution in [-0.2, 0) is 9.59 Å². The molecule has 5 nitrogen and oxygen atoms in total. The molecule has 1 saturated carbocycles. The average molecular weight is 453 g/mol. The Bertz CT molecular complexity index is 1260. The molecule has 0 spiro atoms. The minimum absolute atomic E-state index is 0.0793. The number of hydrogen-bond donors (Lipinski definition) is 0. The number of carbonyl (C=O) groups excluding carboxylic acids is 2. The number of benzene rings is 3. The molecule has 0 bridgehead atoms. The van der Waals surface area contributed by atoms with Crippen LogP contribution in [0.4, 0.5) is 11.4 Å². The lowest BCUT2D eigenvalue weighted by molar-refractivity contribution is -0.123. The van der Waals surface area contributed by atoms with Crippen LogP contribution in [0.2, 0.25) is 0 Å². The third-order valence-electron chi connectivity index (χ3n) is 6.95. The van der Waals surface area contributed by atoms with Crippen molar-refractivity contribution < 1.29 is 14.3 Å². The number of Topliss-reactive ketones (excluding diaryl/α,β-unsaturated/α-hetero) is 1. The third kappa shape index (κ3) is 3.92. The minimum Gasteiger partial charge on any atom is -0.497 e. The van der Waals surface area contributed by atoms with Crippen molar-refractivity contribution in [1.29, 1.82) is 0 Å². The quantitative estimate of drug-likeness (QED) is 0.494. The molecule has 3 aromatic carbocycles. The summed E-state index contributed by atoms with van der Waals surface area (Å²) in [6.07, 6.45) is 1.12. The Morgan fingerprint density at radius 2 is 1.62 bits per heavy atom. The Labute approximate surface area is 200 Å². The fourth-order valence-electron chi connectivity index (χ4n) is 5.28. The number of hydrogen-bond acceptors (Lipinski definition) is 4. The molecule has 0 saturated heterocycles. The monoisotopic (exact) mass is 452 g/mol. The van der Waals surface area contributed by atoms with Gasteiger partial charge in [-0.1, -0.05) is 54.1 Å². The smallest absolute Gasteiger partial charge is 0.224 e. The van der Waals surface area contributed by atoms with E-state index in [0.717, 1.165) is 34.0 Å². The number of aliphatic imine (C=N–C) groups is 1. The van der Waals surface area contributed by atoms with E-state index in [9.17, 15) is 9.59 Å². The molecule has 0 aromatic heterocycles. The zero-order valence-electron chi connectivity index (χ0n) is 19.7. The van der Waals surface area contributed by atoms with Crippen molar-refractivity contribution >= 4 is 28.8 Å². The maximum absolute atomic E-state index is 13.8. The summed E-state index contributed by atoms with van der Waals surface area (Å²) in [5.41, 5.74) is 5.55. The van der Waals surface area contributed by atoms with Crippen molar-refractivity contribution in [2.75, 3.05) is 12.0 Å². The zero-order valence-corrected chi connectivity index (χ0v) is 19.7. The number of nitrogens with zero attached hydrogens (tertiary/aromatic N) is 2. The molecular formula is C29H28N2O3. The van der Waals surface area contributed by atoms with Crippen LogP contribution in [0.3, 0.4) is 0 Å². The van der Waals surface area contributed by atoms with Crippen LogP contribution < -0.4 is 9.64 Å². The van der Waals surface area contributed by atoms with Crippen LogP contribution in [0.25, 0.3) is 0 Å². The van der Waals surface area contributed by atoms with Crippen molar-refractivity contribution in [3.05, 3.63) is 89.5 Å². The van der Waals surface area contributed by atoms with Gasteiger partial charge < -0.3 is 9.64 Å². The molecule has 3 atom stereocenters. The lowest BCUT2D eigenvalue weighted by Crippen LogP contribution is -2.45. The van der Waals surface area contributed by atoms with Crippen molar-refractivity contribution in [3.8, 4) is 5.75 Å². The molecule has 1 aliphatic heterocycles. The van der Waals surface area contributed by atoms with Crippen LogP contribution >= 0.6 is 0 Å². The highest BCUT2D eigenvalue weighted by Crippen LogP contribution is 2.47. The van der Waals surface area contributed by atoms with E-state index in [4.69, 9.17) is 9.73 Å². The van der Waals surface area contributed by atoms with E-state index >= 15 is 0 Å². The summed E-state index contributed by atoms with van der Waals surface area (Å²) >= 11 is 0. The summed E-state index contributed by atoms with van der Waals surface area (Å²) in [4.78, 5) is 33.7. The molecule has 1 amide bonds. The predicted molar refractivity (Wildman–Crippen MR) is 134 cm³/mol. The number of fused-ring (bicyclic) bond motifs is 2. The van der Waals surface area contributed by atoms with Gasteiger partial charge in [0.05, 0.1) is 30.4 Å².